The molecule has 1 heterocycles. The molecule has 0 aliphatic carbocycles. The van der Waals surface area contributed by atoms with Gasteiger partial charge in [0.1, 0.15) is 0 Å². The number of aromatic nitrogens is 2. The summed E-state index contributed by atoms with van der Waals surface area (Å²) in [6.07, 6.45) is 3.04. The van der Waals surface area contributed by atoms with Crippen LogP contribution in [-0.2, 0) is 0 Å². The lowest BCUT2D eigenvalue weighted by atomic mass is 10.3. The van der Waals surface area contributed by atoms with E-state index in [1.54, 1.807) is 21.1 Å². The van der Waals surface area contributed by atoms with Crippen LogP contribution in [-0.4, -0.2) is 41.9 Å². The normalized spacial score (nSPS) is 9.46. The van der Waals surface area contributed by atoms with E-state index in [4.69, 9.17) is 0 Å². The van der Waals surface area contributed by atoms with Gasteiger partial charge < -0.3 is 10.2 Å². The fourth-order valence-electron chi connectivity index (χ4n) is 0.889. The van der Waals surface area contributed by atoms with Crippen molar-refractivity contribution in [3.63, 3.8) is 0 Å². The molecule has 0 aromatic carbocycles. The molecule has 1 N–H and O–H groups in total. The van der Waals surface area contributed by atoms with Gasteiger partial charge in [-0.25, -0.2) is 9.97 Å². The van der Waals surface area contributed by atoms with Gasteiger partial charge >= 0.3 is 0 Å². The number of nitrogens with one attached hydrogen (secondary N) is 1. The van der Waals surface area contributed by atoms with Gasteiger partial charge in [-0.1, -0.05) is 0 Å². The van der Waals surface area contributed by atoms with Gasteiger partial charge in [-0.15, -0.1) is 0 Å². The topological polar surface area (TPSA) is 58.1 Å². The molecule has 0 fully saturated rings. The summed E-state index contributed by atoms with van der Waals surface area (Å²) in [5.74, 6) is 0.346. The van der Waals surface area contributed by atoms with Crippen LogP contribution in [0.15, 0.2) is 12.4 Å². The minimum atomic E-state index is -0.155. The molecule has 0 atom stereocenters. The third-order valence-electron chi connectivity index (χ3n) is 1.54. The summed E-state index contributed by atoms with van der Waals surface area (Å²) in [6, 6.07) is 0. The zero-order valence-corrected chi connectivity index (χ0v) is 7.90. The molecule has 1 aromatic heterocycles. The molecule has 5 heteroatoms. The molecule has 0 spiro atoms. The Morgan fingerprint density at radius 1 is 1.38 bits per heavy atom. The van der Waals surface area contributed by atoms with E-state index in [1.165, 1.54) is 17.3 Å². The van der Waals surface area contributed by atoms with Gasteiger partial charge in [-0.3, -0.25) is 4.79 Å². The Balaban J connectivity index is 3.06. The molecule has 0 bridgehead atoms. The summed E-state index contributed by atoms with van der Waals surface area (Å²) in [6.45, 7) is 0. The summed E-state index contributed by atoms with van der Waals surface area (Å²) in [5.41, 5.74) is 0.343. The quantitative estimate of drug-likeness (QED) is 0.707. The van der Waals surface area contributed by atoms with Gasteiger partial charge in [-0.05, 0) is 0 Å². The predicted molar refractivity (Wildman–Crippen MR) is 49.6 cm³/mol. The van der Waals surface area contributed by atoms with Crippen LogP contribution in [0.5, 0.6) is 0 Å². The van der Waals surface area contributed by atoms with E-state index in [1.807, 2.05) is 0 Å². The van der Waals surface area contributed by atoms with E-state index in [9.17, 15) is 4.79 Å². The van der Waals surface area contributed by atoms with Gasteiger partial charge in [0.05, 0.1) is 0 Å². The van der Waals surface area contributed by atoms with Crippen LogP contribution >= 0.6 is 0 Å². The van der Waals surface area contributed by atoms with Crippen LogP contribution in [0.4, 0.5) is 5.82 Å². The van der Waals surface area contributed by atoms with Crippen LogP contribution in [0.25, 0.3) is 0 Å². The lowest BCUT2D eigenvalue weighted by Crippen LogP contribution is -2.24. The van der Waals surface area contributed by atoms with Crippen molar-refractivity contribution in [3.8, 4) is 0 Å². The molecule has 13 heavy (non-hydrogen) atoms. The monoisotopic (exact) mass is 180 g/mol. The van der Waals surface area contributed by atoms with Crippen molar-refractivity contribution in [2.45, 2.75) is 0 Å². The van der Waals surface area contributed by atoms with Gasteiger partial charge in [-0.2, -0.15) is 0 Å². The first-order valence-electron chi connectivity index (χ1n) is 3.87. The van der Waals surface area contributed by atoms with Crippen LogP contribution in [0.1, 0.15) is 10.5 Å². The Bertz CT molecular complexity index is 311. The molecule has 1 rings (SSSR count). The van der Waals surface area contributed by atoms with Crippen molar-refractivity contribution < 1.29 is 4.79 Å². The van der Waals surface area contributed by atoms with Crippen LogP contribution in [0.3, 0.4) is 0 Å². The second-order valence-corrected chi connectivity index (χ2v) is 2.70. The highest BCUT2D eigenvalue weighted by Gasteiger charge is 2.14. The maximum Gasteiger partial charge on any atom is 0.275 e. The third-order valence-corrected chi connectivity index (χ3v) is 1.54. The van der Waals surface area contributed by atoms with E-state index in [0.717, 1.165) is 0 Å². The first-order valence-corrected chi connectivity index (χ1v) is 3.87. The molecular weight excluding hydrogens is 168 g/mol. The lowest BCUT2D eigenvalue weighted by Gasteiger charge is -2.11. The smallest absolute Gasteiger partial charge is 0.275 e. The van der Waals surface area contributed by atoms with E-state index in [2.05, 4.69) is 15.3 Å². The first-order chi connectivity index (χ1) is 6.16. The SMILES string of the molecule is CNc1nccnc1C(=O)N(C)C. The van der Waals surface area contributed by atoms with Crippen LogP contribution in [0, 0.1) is 0 Å². The van der Waals surface area contributed by atoms with E-state index >= 15 is 0 Å². The van der Waals surface area contributed by atoms with Gasteiger partial charge in [0, 0.05) is 33.5 Å². The largest absolute Gasteiger partial charge is 0.371 e. The number of carbonyl (C=O) groups is 1. The summed E-state index contributed by atoms with van der Waals surface area (Å²) < 4.78 is 0. The molecule has 5 nitrogen and oxygen atoms in total. The number of amides is 1. The summed E-state index contributed by atoms with van der Waals surface area (Å²) >= 11 is 0. The van der Waals surface area contributed by atoms with Crippen LogP contribution in [0.2, 0.25) is 0 Å². The first kappa shape index (κ1) is 9.44. The van der Waals surface area contributed by atoms with Crippen LogP contribution < -0.4 is 5.32 Å². The minimum Gasteiger partial charge on any atom is -0.371 e. The fraction of sp³-hybridized carbons (Fsp3) is 0.375. The average molecular weight is 180 g/mol. The highest BCUT2D eigenvalue weighted by molar-refractivity contribution is 5.96. The summed E-state index contributed by atoms with van der Waals surface area (Å²) in [4.78, 5) is 20.9. The Morgan fingerprint density at radius 3 is 2.54 bits per heavy atom. The molecule has 1 aromatic rings. The number of rotatable bonds is 2. The van der Waals surface area contributed by atoms with Gasteiger partial charge in [0.25, 0.3) is 5.91 Å². The number of hydrogen-bond acceptors (Lipinski definition) is 4. The number of nitrogens with zero attached hydrogens (tertiary/aromatic N) is 3. The molecular formula is C8H12N4O. The lowest BCUT2D eigenvalue weighted by molar-refractivity contribution is 0.0822. The Kier molecular flexibility index (Phi) is 2.79. The zero-order valence-electron chi connectivity index (χ0n) is 7.90. The Morgan fingerprint density at radius 2 is 2.00 bits per heavy atom. The standard InChI is InChI=1S/C8H12N4O/c1-9-7-6(8(13)12(2)3)10-4-5-11-7/h4-5H,1-3H3,(H,9,11). The molecule has 0 aliphatic rings. The van der Waals surface area contributed by atoms with Crippen molar-refractivity contribution in [1.82, 2.24) is 14.9 Å². The van der Waals surface area contributed by atoms with E-state index in [-0.39, 0.29) is 5.91 Å². The van der Waals surface area contributed by atoms with Crippen molar-refractivity contribution in [2.75, 3.05) is 26.5 Å². The highest BCUT2D eigenvalue weighted by Crippen LogP contribution is 2.08. The Labute approximate surface area is 76.8 Å². The molecule has 0 radical (unpaired) electrons. The average Bonchev–Trinajstić information content (AvgIpc) is 2.16. The zero-order chi connectivity index (χ0) is 9.84. The summed E-state index contributed by atoms with van der Waals surface area (Å²) in [7, 11) is 5.06. The van der Waals surface area contributed by atoms with Gasteiger partial charge in [0.2, 0.25) is 0 Å². The minimum absolute atomic E-state index is 0.155. The number of carbonyl (C=O) groups excluding carboxylic acids is 1. The molecule has 0 saturated carbocycles. The maximum absolute atomic E-state index is 11.5. The second-order valence-electron chi connectivity index (χ2n) is 2.70. The molecule has 0 aliphatic heterocycles. The van der Waals surface area contributed by atoms with Gasteiger partial charge in [0.15, 0.2) is 11.5 Å². The maximum atomic E-state index is 11.5. The van der Waals surface area contributed by atoms with E-state index in [0.29, 0.717) is 11.5 Å². The van der Waals surface area contributed by atoms with Crippen molar-refractivity contribution in [1.29, 1.82) is 0 Å². The molecule has 0 saturated heterocycles. The van der Waals surface area contributed by atoms with Crippen molar-refractivity contribution in [2.24, 2.45) is 0 Å². The second kappa shape index (κ2) is 3.84. The van der Waals surface area contributed by atoms with Crippen molar-refractivity contribution >= 4 is 11.7 Å². The third kappa shape index (κ3) is 1.93. The molecule has 1 amide bonds. The molecule has 0 unspecified atom stereocenters. The summed E-state index contributed by atoms with van der Waals surface area (Å²) in [5, 5.41) is 2.81. The predicted octanol–water partition coefficient (Wildman–Crippen LogP) is 0.220. The Hall–Kier alpha value is -1.65. The number of hydrogen-bond donors (Lipinski definition) is 1. The van der Waals surface area contributed by atoms with Crippen molar-refractivity contribution in [3.05, 3.63) is 18.1 Å². The number of anilines is 1. The highest BCUT2D eigenvalue weighted by atomic mass is 16.2. The molecule has 70 valence electrons. The fourth-order valence-corrected chi connectivity index (χ4v) is 0.889. The van der Waals surface area contributed by atoms with E-state index < -0.39 is 0 Å².